The molecule has 2 rings (SSSR count). The Morgan fingerprint density at radius 3 is 2.65 bits per heavy atom. The van der Waals surface area contributed by atoms with Crippen LogP contribution in [0.1, 0.15) is 24.8 Å². The molecule has 0 aliphatic carbocycles. The van der Waals surface area contributed by atoms with Crippen LogP contribution >= 0.6 is 11.3 Å². The number of piperidine rings is 1. The summed E-state index contributed by atoms with van der Waals surface area (Å²) in [4.78, 5) is 15.5. The number of amides is 1. The minimum absolute atomic E-state index is 0.174. The van der Waals surface area contributed by atoms with Crippen LogP contribution in [0.4, 0.5) is 5.13 Å². The van der Waals surface area contributed by atoms with Crippen molar-refractivity contribution < 1.29 is 4.79 Å². The van der Waals surface area contributed by atoms with Crippen molar-refractivity contribution in [3.63, 3.8) is 0 Å². The van der Waals surface area contributed by atoms with Crippen LogP contribution in [0, 0.1) is 0 Å². The van der Waals surface area contributed by atoms with Crippen molar-refractivity contribution in [1.29, 1.82) is 0 Å². The predicted octanol–water partition coefficient (Wildman–Crippen LogP) is 1.06. The Balaban J connectivity index is 1.75. The molecule has 0 bridgehead atoms. The van der Waals surface area contributed by atoms with Gasteiger partial charge in [0.2, 0.25) is 11.0 Å². The third kappa shape index (κ3) is 4.14. The lowest BCUT2D eigenvalue weighted by Crippen LogP contribution is -2.43. The number of rotatable bonds is 5. The molecule has 20 heavy (non-hydrogen) atoms. The van der Waals surface area contributed by atoms with Crippen LogP contribution in [0.3, 0.4) is 0 Å². The zero-order valence-corrected chi connectivity index (χ0v) is 13.2. The molecule has 1 amide bonds. The first kappa shape index (κ1) is 15.2. The number of aryl methyl sites for hydroxylation is 1. The summed E-state index contributed by atoms with van der Waals surface area (Å²) < 4.78 is 0. The number of anilines is 1. The molecule has 0 radical (unpaired) electrons. The van der Waals surface area contributed by atoms with Crippen molar-refractivity contribution in [2.24, 2.45) is 0 Å². The summed E-state index contributed by atoms with van der Waals surface area (Å²) in [5.41, 5.74) is 0. The molecule has 0 aromatic carbocycles. The summed E-state index contributed by atoms with van der Waals surface area (Å²) in [6.45, 7) is 4.52. The predicted molar refractivity (Wildman–Crippen MR) is 81.1 cm³/mol. The number of likely N-dealkylation sites (tertiary alicyclic amines) is 1. The van der Waals surface area contributed by atoms with Gasteiger partial charge in [0.25, 0.3) is 0 Å². The van der Waals surface area contributed by atoms with Crippen molar-refractivity contribution in [2.75, 3.05) is 39.0 Å². The molecule has 7 heteroatoms. The van der Waals surface area contributed by atoms with Crippen molar-refractivity contribution in [3.05, 3.63) is 5.01 Å². The lowest BCUT2D eigenvalue weighted by molar-refractivity contribution is -0.130. The number of hydrogen-bond acceptors (Lipinski definition) is 6. The molecule has 1 N–H and O–H groups in total. The maximum atomic E-state index is 11.7. The van der Waals surface area contributed by atoms with Gasteiger partial charge in [-0.05, 0) is 19.3 Å². The topological polar surface area (TPSA) is 61.4 Å². The van der Waals surface area contributed by atoms with Gasteiger partial charge in [-0.2, -0.15) is 0 Å². The van der Waals surface area contributed by atoms with E-state index in [1.54, 1.807) is 30.3 Å². The van der Waals surface area contributed by atoms with E-state index in [2.05, 4.69) is 27.3 Å². The number of nitrogens with zero attached hydrogens (tertiary/aromatic N) is 4. The van der Waals surface area contributed by atoms with Crippen LogP contribution in [0.25, 0.3) is 0 Å². The van der Waals surface area contributed by atoms with Crippen molar-refractivity contribution >= 4 is 22.4 Å². The van der Waals surface area contributed by atoms with Crippen LogP contribution < -0.4 is 5.32 Å². The fraction of sp³-hybridized carbons (Fsp3) is 0.769. The highest BCUT2D eigenvalue weighted by Gasteiger charge is 2.22. The Bertz CT molecular complexity index is 440. The summed E-state index contributed by atoms with van der Waals surface area (Å²) in [6, 6.07) is 0.443. The molecule has 0 atom stereocenters. The molecule has 1 aromatic heterocycles. The number of aromatic nitrogens is 2. The smallest absolute Gasteiger partial charge is 0.236 e. The minimum Gasteiger partial charge on any atom is -0.357 e. The molecule has 6 nitrogen and oxygen atoms in total. The zero-order valence-electron chi connectivity index (χ0n) is 12.4. The van der Waals surface area contributed by atoms with E-state index < -0.39 is 0 Å². The zero-order chi connectivity index (χ0) is 14.5. The maximum Gasteiger partial charge on any atom is 0.236 e. The maximum absolute atomic E-state index is 11.7. The highest BCUT2D eigenvalue weighted by Crippen LogP contribution is 2.20. The second-order valence-electron chi connectivity index (χ2n) is 5.34. The number of carbonyl (C=O) groups excluding carboxylic acids is 1. The Hall–Kier alpha value is -1.21. The highest BCUT2D eigenvalue weighted by atomic mass is 32.1. The molecule has 0 spiro atoms. The average molecular weight is 297 g/mol. The second kappa shape index (κ2) is 6.99. The van der Waals surface area contributed by atoms with Gasteiger partial charge in [-0.15, -0.1) is 10.2 Å². The van der Waals surface area contributed by atoms with Gasteiger partial charge >= 0.3 is 0 Å². The van der Waals surface area contributed by atoms with E-state index in [1.807, 2.05) is 0 Å². The third-order valence-electron chi connectivity index (χ3n) is 3.54. The fourth-order valence-electron chi connectivity index (χ4n) is 2.20. The monoisotopic (exact) mass is 297 g/mol. The van der Waals surface area contributed by atoms with Crippen LogP contribution in [0.2, 0.25) is 0 Å². The van der Waals surface area contributed by atoms with Crippen LogP contribution in [-0.4, -0.2) is 65.7 Å². The molecule has 1 aromatic rings. The molecule has 0 unspecified atom stereocenters. The minimum atomic E-state index is 0.174. The van der Waals surface area contributed by atoms with Gasteiger partial charge in [0.1, 0.15) is 5.01 Å². The van der Waals surface area contributed by atoms with Gasteiger partial charge in [0.15, 0.2) is 0 Å². The number of hydrogen-bond donors (Lipinski definition) is 1. The summed E-state index contributed by atoms with van der Waals surface area (Å²) in [7, 11) is 3.61. The average Bonchev–Trinajstić information content (AvgIpc) is 2.88. The molecule has 1 aliphatic heterocycles. The first-order chi connectivity index (χ1) is 9.58. The SMILES string of the molecule is CCc1nnc(NC2CCN(CC(=O)N(C)C)CC2)s1. The third-order valence-corrected chi connectivity index (χ3v) is 4.54. The van der Waals surface area contributed by atoms with E-state index >= 15 is 0 Å². The van der Waals surface area contributed by atoms with Gasteiger partial charge < -0.3 is 10.2 Å². The normalized spacial score (nSPS) is 17.1. The first-order valence-corrected chi connectivity index (χ1v) is 7.91. The Morgan fingerprint density at radius 2 is 2.10 bits per heavy atom. The molecular formula is C13H23N5OS. The number of nitrogens with one attached hydrogen (secondary N) is 1. The van der Waals surface area contributed by atoms with Crippen molar-refractivity contribution in [2.45, 2.75) is 32.2 Å². The number of likely N-dealkylation sites (N-methyl/N-ethyl adjacent to an activating group) is 1. The Kier molecular flexibility index (Phi) is 5.31. The standard InChI is InChI=1S/C13H23N5OS/c1-4-11-15-16-13(20-11)14-10-5-7-18(8-6-10)9-12(19)17(2)3/h10H,4-9H2,1-3H3,(H,14,16). The molecular weight excluding hydrogens is 274 g/mol. The first-order valence-electron chi connectivity index (χ1n) is 7.10. The van der Waals surface area contributed by atoms with Crippen LogP contribution in [0.5, 0.6) is 0 Å². The Labute approximate surface area is 124 Å². The van der Waals surface area contributed by atoms with Crippen molar-refractivity contribution in [3.8, 4) is 0 Å². The lowest BCUT2D eigenvalue weighted by atomic mass is 10.1. The van der Waals surface area contributed by atoms with Gasteiger partial charge in [-0.3, -0.25) is 9.69 Å². The molecule has 1 fully saturated rings. The quantitative estimate of drug-likeness (QED) is 0.881. The second-order valence-corrected chi connectivity index (χ2v) is 6.40. The largest absolute Gasteiger partial charge is 0.357 e. The lowest BCUT2D eigenvalue weighted by Gasteiger charge is -2.32. The molecule has 112 valence electrons. The van der Waals surface area contributed by atoms with E-state index in [4.69, 9.17) is 0 Å². The van der Waals surface area contributed by atoms with Gasteiger partial charge in [-0.1, -0.05) is 18.3 Å². The fourth-order valence-corrected chi connectivity index (χ4v) is 2.95. The van der Waals surface area contributed by atoms with Crippen molar-refractivity contribution in [1.82, 2.24) is 20.0 Å². The number of carbonyl (C=O) groups is 1. The van der Waals surface area contributed by atoms with Crippen LogP contribution in [-0.2, 0) is 11.2 Å². The van der Waals surface area contributed by atoms with E-state index in [0.717, 1.165) is 42.5 Å². The molecule has 2 heterocycles. The van der Waals surface area contributed by atoms with Gasteiger partial charge in [0.05, 0.1) is 6.54 Å². The van der Waals surface area contributed by atoms with Gasteiger partial charge in [-0.25, -0.2) is 0 Å². The molecule has 0 saturated carbocycles. The highest BCUT2D eigenvalue weighted by molar-refractivity contribution is 7.15. The van der Waals surface area contributed by atoms with E-state index in [9.17, 15) is 4.79 Å². The molecule has 1 saturated heterocycles. The van der Waals surface area contributed by atoms with E-state index in [1.165, 1.54) is 0 Å². The Morgan fingerprint density at radius 1 is 1.40 bits per heavy atom. The summed E-state index contributed by atoms with van der Waals surface area (Å²) in [5, 5.41) is 13.7. The van der Waals surface area contributed by atoms with E-state index in [-0.39, 0.29) is 5.91 Å². The summed E-state index contributed by atoms with van der Waals surface area (Å²) in [6.07, 6.45) is 3.02. The van der Waals surface area contributed by atoms with Crippen LogP contribution in [0.15, 0.2) is 0 Å². The summed E-state index contributed by atoms with van der Waals surface area (Å²) in [5.74, 6) is 0.174. The molecule has 1 aliphatic rings. The van der Waals surface area contributed by atoms with Gasteiger partial charge in [0, 0.05) is 33.2 Å². The summed E-state index contributed by atoms with van der Waals surface area (Å²) >= 11 is 1.63. The van der Waals surface area contributed by atoms with E-state index in [0.29, 0.717) is 12.6 Å².